The average molecular weight is 431 g/mol. The van der Waals surface area contributed by atoms with Crippen LogP contribution in [0.15, 0.2) is 24.3 Å². The van der Waals surface area contributed by atoms with Crippen LogP contribution < -0.4 is 9.80 Å². The van der Waals surface area contributed by atoms with Crippen molar-refractivity contribution in [3.63, 3.8) is 0 Å². The number of nitrogens with zero attached hydrogens (tertiary/aromatic N) is 4. The zero-order valence-electron chi connectivity index (χ0n) is 19.4. The molecule has 0 atom stereocenters. The van der Waals surface area contributed by atoms with Gasteiger partial charge in [0.25, 0.3) is 5.91 Å². The van der Waals surface area contributed by atoms with E-state index in [0.717, 1.165) is 54.9 Å². The molecular formula is C26H30N4O2. The first-order chi connectivity index (χ1) is 15.5. The van der Waals surface area contributed by atoms with Gasteiger partial charge in [0.15, 0.2) is 0 Å². The zero-order chi connectivity index (χ0) is 22.8. The Morgan fingerprint density at radius 2 is 1.94 bits per heavy atom. The van der Waals surface area contributed by atoms with Crippen LogP contribution in [-0.4, -0.2) is 41.3 Å². The van der Waals surface area contributed by atoms with Gasteiger partial charge in [0.05, 0.1) is 11.4 Å². The number of anilines is 3. The fourth-order valence-electron chi connectivity index (χ4n) is 4.59. The lowest BCUT2D eigenvalue weighted by Gasteiger charge is -2.29. The summed E-state index contributed by atoms with van der Waals surface area (Å²) in [5.41, 5.74) is 5.52. The van der Waals surface area contributed by atoms with Crippen LogP contribution in [0.5, 0.6) is 0 Å². The van der Waals surface area contributed by atoms with Crippen molar-refractivity contribution in [1.82, 2.24) is 9.88 Å². The fraction of sp³-hybridized carbons (Fsp3) is 0.423. The molecule has 6 heteroatoms. The summed E-state index contributed by atoms with van der Waals surface area (Å²) in [6.07, 6.45) is 3.19. The normalized spacial score (nSPS) is 14.9. The van der Waals surface area contributed by atoms with Gasteiger partial charge in [-0.05, 0) is 75.3 Å². The Morgan fingerprint density at radius 1 is 1.19 bits per heavy atom. The van der Waals surface area contributed by atoms with Crippen molar-refractivity contribution in [1.29, 1.82) is 0 Å². The highest BCUT2D eigenvalue weighted by Crippen LogP contribution is 2.39. The van der Waals surface area contributed by atoms with E-state index in [9.17, 15) is 9.59 Å². The van der Waals surface area contributed by atoms with Crippen LogP contribution in [0.4, 0.5) is 17.2 Å². The molecule has 0 N–H and O–H groups in total. The molecule has 0 unspecified atom stereocenters. The molecule has 0 bridgehead atoms. The smallest absolute Gasteiger partial charge is 0.308 e. The van der Waals surface area contributed by atoms with Gasteiger partial charge in [-0.2, -0.15) is 0 Å². The Hall–Kier alpha value is -3.33. The number of hydrogen-bond donors (Lipinski definition) is 0. The van der Waals surface area contributed by atoms with Crippen LogP contribution >= 0.6 is 0 Å². The molecule has 2 aromatic rings. The lowest BCUT2D eigenvalue weighted by Crippen LogP contribution is -2.29. The van der Waals surface area contributed by atoms with Gasteiger partial charge in [-0.1, -0.05) is 18.9 Å². The summed E-state index contributed by atoms with van der Waals surface area (Å²) in [6.45, 7) is 10.9. The molecule has 1 fully saturated rings. The van der Waals surface area contributed by atoms with Crippen LogP contribution in [0, 0.1) is 18.8 Å². The van der Waals surface area contributed by atoms with E-state index < -0.39 is 0 Å². The molecule has 0 spiro atoms. The second-order valence-corrected chi connectivity index (χ2v) is 8.33. The Kier molecular flexibility index (Phi) is 6.18. The summed E-state index contributed by atoms with van der Waals surface area (Å²) in [6, 6.07) is 8.01. The maximum Gasteiger partial charge on any atom is 0.308 e. The summed E-state index contributed by atoms with van der Waals surface area (Å²) in [4.78, 5) is 36.4. The highest BCUT2D eigenvalue weighted by Gasteiger charge is 2.31. The van der Waals surface area contributed by atoms with Gasteiger partial charge in [-0.15, -0.1) is 0 Å². The van der Waals surface area contributed by atoms with Gasteiger partial charge >= 0.3 is 5.91 Å². The maximum absolute atomic E-state index is 13.3. The molecule has 166 valence electrons. The van der Waals surface area contributed by atoms with Crippen molar-refractivity contribution >= 4 is 29.0 Å². The Bertz CT molecular complexity index is 1120. The Morgan fingerprint density at radius 3 is 2.59 bits per heavy atom. The highest BCUT2D eigenvalue weighted by molar-refractivity contribution is 6.12. The Balaban J connectivity index is 1.88. The molecule has 1 saturated heterocycles. The molecule has 6 nitrogen and oxygen atoms in total. The molecule has 2 aliphatic rings. The molecule has 0 saturated carbocycles. The summed E-state index contributed by atoms with van der Waals surface area (Å²) in [7, 11) is 0. The Labute approximate surface area is 190 Å². The predicted octanol–water partition coefficient (Wildman–Crippen LogP) is 4.22. The summed E-state index contributed by atoms with van der Waals surface area (Å²) >= 11 is 0. The standard InChI is InChI=1S/C26H30N4O2/c1-5-10-24(31)30(23-12-11-20-17-28(7-3)26(32)25(20)27-23)22-15-18(4)19(6-2)16-21(22)29-13-8-9-14-29/h11-12,15-16H,6-9,13-14,17H2,1-4H3. The molecule has 3 heterocycles. The van der Waals surface area contributed by atoms with Crippen LogP contribution in [0.1, 0.15) is 60.8 Å². The lowest BCUT2D eigenvalue weighted by molar-refractivity contribution is -0.112. The summed E-state index contributed by atoms with van der Waals surface area (Å²) in [5.74, 6) is 5.43. The van der Waals surface area contributed by atoms with Crippen molar-refractivity contribution in [3.8, 4) is 11.8 Å². The third-order valence-corrected chi connectivity index (χ3v) is 6.36. The van der Waals surface area contributed by atoms with Crippen LogP contribution in [0.3, 0.4) is 0 Å². The largest absolute Gasteiger partial charge is 0.370 e. The summed E-state index contributed by atoms with van der Waals surface area (Å²) < 4.78 is 0. The van der Waals surface area contributed by atoms with Crippen LogP contribution in [0.2, 0.25) is 0 Å². The van der Waals surface area contributed by atoms with Gasteiger partial charge in [0, 0.05) is 31.7 Å². The van der Waals surface area contributed by atoms with Crippen molar-refractivity contribution in [2.75, 3.05) is 29.4 Å². The molecule has 4 rings (SSSR count). The number of aromatic nitrogens is 1. The number of aryl methyl sites for hydroxylation is 2. The maximum atomic E-state index is 13.3. The number of hydrogen-bond acceptors (Lipinski definition) is 4. The van der Waals surface area contributed by atoms with Crippen LogP contribution in [-0.2, 0) is 17.8 Å². The van der Waals surface area contributed by atoms with E-state index in [1.165, 1.54) is 5.56 Å². The number of fused-ring (bicyclic) bond motifs is 1. The monoisotopic (exact) mass is 430 g/mol. The third kappa shape index (κ3) is 3.84. The number of benzene rings is 1. The lowest BCUT2D eigenvalue weighted by atomic mass is 10.0. The summed E-state index contributed by atoms with van der Waals surface area (Å²) in [5, 5.41) is 0. The first kappa shape index (κ1) is 21.9. The van der Waals surface area contributed by atoms with Crippen molar-refractivity contribution in [2.45, 2.75) is 53.5 Å². The third-order valence-electron chi connectivity index (χ3n) is 6.36. The minimum absolute atomic E-state index is 0.0874. The van der Waals surface area contributed by atoms with Gasteiger partial charge in [-0.25, -0.2) is 4.98 Å². The number of carbonyl (C=O) groups excluding carboxylic acids is 2. The molecule has 1 aromatic carbocycles. The highest BCUT2D eigenvalue weighted by atomic mass is 16.2. The van der Waals surface area contributed by atoms with Gasteiger partial charge < -0.3 is 9.80 Å². The van der Waals surface area contributed by atoms with Gasteiger partial charge in [-0.3, -0.25) is 14.5 Å². The topological polar surface area (TPSA) is 56.8 Å². The van der Waals surface area contributed by atoms with E-state index in [0.29, 0.717) is 24.6 Å². The minimum atomic E-state index is -0.346. The predicted molar refractivity (Wildman–Crippen MR) is 127 cm³/mol. The minimum Gasteiger partial charge on any atom is -0.370 e. The van der Waals surface area contributed by atoms with E-state index in [-0.39, 0.29) is 11.8 Å². The molecule has 2 aliphatic heterocycles. The number of pyridine rings is 1. The molecule has 0 radical (unpaired) electrons. The number of carbonyl (C=O) groups is 2. The van der Waals surface area contributed by atoms with E-state index >= 15 is 0 Å². The van der Waals surface area contributed by atoms with Crippen molar-refractivity contribution in [2.24, 2.45) is 0 Å². The van der Waals surface area contributed by atoms with E-state index in [1.807, 2.05) is 19.1 Å². The van der Waals surface area contributed by atoms with Crippen molar-refractivity contribution in [3.05, 3.63) is 46.6 Å². The van der Waals surface area contributed by atoms with Gasteiger partial charge in [0.2, 0.25) is 0 Å². The molecule has 1 aromatic heterocycles. The fourth-order valence-corrected chi connectivity index (χ4v) is 4.59. The quantitative estimate of drug-likeness (QED) is 0.667. The second-order valence-electron chi connectivity index (χ2n) is 8.33. The van der Waals surface area contributed by atoms with Crippen molar-refractivity contribution < 1.29 is 9.59 Å². The second kappa shape index (κ2) is 9.04. The van der Waals surface area contributed by atoms with E-state index in [2.05, 4.69) is 47.7 Å². The molecular weight excluding hydrogens is 400 g/mol. The average Bonchev–Trinajstić information content (AvgIpc) is 3.43. The molecule has 32 heavy (non-hydrogen) atoms. The first-order valence-corrected chi connectivity index (χ1v) is 11.4. The van der Waals surface area contributed by atoms with E-state index in [1.54, 1.807) is 16.7 Å². The first-order valence-electron chi connectivity index (χ1n) is 11.4. The SMILES string of the molecule is CC#CC(=O)N(c1ccc2c(n1)C(=O)N(CC)C2)c1cc(C)c(CC)cc1N1CCCC1. The molecule has 2 amide bonds. The van der Waals surface area contributed by atoms with Gasteiger partial charge in [0.1, 0.15) is 11.5 Å². The number of rotatable bonds is 5. The number of amides is 2. The van der Waals surface area contributed by atoms with Crippen LogP contribution in [0.25, 0.3) is 0 Å². The zero-order valence-corrected chi connectivity index (χ0v) is 19.4. The van der Waals surface area contributed by atoms with E-state index in [4.69, 9.17) is 0 Å². The molecule has 0 aliphatic carbocycles.